The Kier molecular flexibility index (Phi) is 52.0. The van der Waals surface area contributed by atoms with Crippen molar-refractivity contribution in [1.29, 1.82) is 0 Å². The molecule has 0 rings (SSSR count). The van der Waals surface area contributed by atoms with E-state index in [0.29, 0.717) is 19.3 Å². The van der Waals surface area contributed by atoms with Gasteiger partial charge in [0, 0.05) is 19.3 Å². The van der Waals surface area contributed by atoms with Crippen molar-refractivity contribution in [3.8, 4) is 0 Å². The molecular weight excluding hydrogens is 841 g/mol. The zero-order valence-corrected chi connectivity index (χ0v) is 46.9. The van der Waals surface area contributed by atoms with E-state index in [1.165, 1.54) is 225 Å². The summed E-state index contributed by atoms with van der Waals surface area (Å²) in [7, 11) is 0. The topological polar surface area (TPSA) is 78.9 Å². The van der Waals surface area contributed by atoms with Crippen LogP contribution < -0.4 is 0 Å². The molecule has 0 saturated carbocycles. The second kappa shape index (κ2) is 53.2. The summed E-state index contributed by atoms with van der Waals surface area (Å²) in [6, 6.07) is 0. The summed E-state index contributed by atoms with van der Waals surface area (Å²) >= 11 is 0. The van der Waals surface area contributed by atoms with Gasteiger partial charge in [-0.15, -0.1) is 0 Å². The first kappa shape index (κ1) is 66.4. The molecule has 0 amide bonds. The maximum Gasteiger partial charge on any atom is 0.306 e. The molecule has 0 heterocycles. The fourth-order valence-corrected chi connectivity index (χ4v) is 9.50. The van der Waals surface area contributed by atoms with Crippen LogP contribution in [0.3, 0.4) is 0 Å². The van der Waals surface area contributed by atoms with Gasteiger partial charge in [-0.25, -0.2) is 0 Å². The lowest BCUT2D eigenvalue weighted by Gasteiger charge is -2.18. The van der Waals surface area contributed by atoms with Gasteiger partial charge >= 0.3 is 17.9 Å². The molecule has 0 N–H and O–H groups in total. The van der Waals surface area contributed by atoms with Crippen LogP contribution in [0, 0.1) is 17.8 Å². The molecule has 0 aliphatic carbocycles. The minimum absolute atomic E-state index is 0.0635. The number of carbonyl (C=O) groups excluding carboxylic acids is 3. The van der Waals surface area contributed by atoms with Crippen molar-refractivity contribution >= 4 is 17.9 Å². The second-order valence-electron chi connectivity index (χ2n) is 22.5. The largest absolute Gasteiger partial charge is 0.462 e. The predicted molar refractivity (Wildman–Crippen MR) is 293 cm³/mol. The first-order valence-corrected chi connectivity index (χ1v) is 30.6. The molecule has 0 radical (unpaired) electrons. The molecule has 0 fully saturated rings. The molecule has 0 aliphatic rings. The summed E-state index contributed by atoms with van der Waals surface area (Å²) in [5, 5.41) is 0. The van der Waals surface area contributed by atoms with E-state index in [1.807, 2.05) is 0 Å². The standard InChI is InChI=1S/C62H120O6/c1-7-58(6)50-44-38-32-25-21-17-12-10-8-9-11-13-19-23-27-35-41-47-53-62(65)68-59(55-67-61(64)52-46-40-34-29-28-31-37-43-49-57(4)5)54-66-60(63)51-45-39-33-26-22-18-15-14-16-20-24-30-36-42-48-56(2)3/h56-59H,7-55H2,1-6H3/t58?,59-/m0/s1. The van der Waals surface area contributed by atoms with E-state index < -0.39 is 6.10 Å². The average Bonchev–Trinajstić information content (AvgIpc) is 3.31. The van der Waals surface area contributed by atoms with Gasteiger partial charge < -0.3 is 14.2 Å². The van der Waals surface area contributed by atoms with Gasteiger partial charge in [0.2, 0.25) is 0 Å². The minimum atomic E-state index is -0.764. The summed E-state index contributed by atoms with van der Waals surface area (Å²) in [6.45, 7) is 13.8. The quantitative estimate of drug-likeness (QED) is 0.0343. The first-order chi connectivity index (χ1) is 33.1. The third kappa shape index (κ3) is 53.8. The Hall–Kier alpha value is -1.59. The van der Waals surface area contributed by atoms with Crippen molar-refractivity contribution in [1.82, 2.24) is 0 Å². The zero-order chi connectivity index (χ0) is 49.8. The van der Waals surface area contributed by atoms with E-state index in [0.717, 1.165) is 75.5 Å². The number of esters is 3. The van der Waals surface area contributed by atoms with E-state index in [4.69, 9.17) is 14.2 Å². The van der Waals surface area contributed by atoms with E-state index in [2.05, 4.69) is 41.5 Å². The Bertz CT molecular complexity index is 1060. The van der Waals surface area contributed by atoms with E-state index in [-0.39, 0.29) is 31.1 Å². The van der Waals surface area contributed by atoms with Crippen LogP contribution in [-0.2, 0) is 28.6 Å². The maximum atomic E-state index is 12.9. The van der Waals surface area contributed by atoms with Crippen LogP contribution in [0.5, 0.6) is 0 Å². The number of ether oxygens (including phenoxy) is 3. The average molecular weight is 962 g/mol. The van der Waals surface area contributed by atoms with Gasteiger partial charge in [-0.3, -0.25) is 14.4 Å². The second-order valence-corrected chi connectivity index (χ2v) is 22.5. The molecule has 68 heavy (non-hydrogen) atoms. The van der Waals surface area contributed by atoms with Gasteiger partial charge in [-0.05, 0) is 37.0 Å². The fourth-order valence-electron chi connectivity index (χ4n) is 9.50. The molecule has 0 aromatic carbocycles. The predicted octanol–water partition coefficient (Wildman–Crippen LogP) is 20.3. The number of hydrogen-bond acceptors (Lipinski definition) is 6. The fraction of sp³-hybridized carbons (Fsp3) is 0.952. The molecule has 6 nitrogen and oxygen atoms in total. The normalized spacial score (nSPS) is 12.5. The summed E-state index contributed by atoms with van der Waals surface area (Å²) < 4.78 is 16.9. The van der Waals surface area contributed by atoms with Gasteiger partial charge in [0.15, 0.2) is 6.10 Å². The lowest BCUT2D eigenvalue weighted by Crippen LogP contribution is -2.30. The van der Waals surface area contributed by atoms with Crippen LogP contribution in [0.15, 0.2) is 0 Å². The molecule has 0 spiro atoms. The van der Waals surface area contributed by atoms with Gasteiger partial charge in [-0.2, -0.15) is 0 Å². The van der Waals surface area contributed by atoms with Crippen LogP contribution in [0.25, 0.3) is 0 Å². The highest BCUT2D eigenvalue weighted by Crippen LogP contribution is 2.19. The zero-order valence-electron chi connectivity index (χ0n) is 46.9. The highest BCUT2D eigenvalue weighted by atomic mass is 16.6. The van der Waals surface area contributed by atoms with Crippen molar-refractivity contribution in [2.45, 2.75) is 349 Å². The van der Waals surface area contributed by atoms with Crippen molar-refractivity contribution in [3.05, 3.63) is 0 Å². The van der Waals surface area contributed by atoms with Crippen LogP contribution in [0.1, 0.15) is 343 Å². The van der Waals surface area contributed by atoms with E-state index in [1.54, 1.807) is 0 Å². The highest BCUT2D eigenvalue weighted by Gasteiger charge is 2.19. The van der Waals surface area contributed by atoms with Crippen molar-refractivity contribution in [2.75, 3.05) is 13.2 Å². The van der Waals surface area contributed by atoms with Crippen LogP contribution >= 0.6 is 0 Å². The first-order valence-electron chi connectivity index (χ1n) is 30.6. The van der Waals surface area contributed by atoms with Crippen LogP contribution in [-0.4, -0.2) is 37.2 Å². The smallest absolute Gasteiger partial charge is 0.306 e. The lowest BCUT2D eigenvalue weighted by molar-refractivity contribution is -0.167. The number of unbranched alkanes of at least 4 members (excludes halogenated alkanes) is 37. The number of rotatable bonds is 55. The monoisotopic (exact) mass is 961 g/mol. The summed E-state index contributed by atoms with van der Waals surface area (Å²) in [6.07, 6.45) is 56.7. The Morgan fingerprint density at radius 1 is 0.294 bits per heavy atom. The molecular formula is C62H120O6. The summed E-state index contributed by atoms with van der Waals surface area (Å²) in [5.41, 5.74) is 0. The molecule has 6 heteroatoms. The summed E-state index contributed by atoms with van der Waals surface area (Å²) in [4.78, 5) is 38.2. The third-order valence-corrected chi connectivity index (χ3v) is 14.5. The van der Waals surface area contributed by atoms with Gasteiger partial charge in [0.05, 0.1) is 0 Å². The minimum Gasteiger partial charge on any atom is -0.462 e. The summed E-state index contributed by atoms with van der Waals surface area (Å²) in [5.74, 6) is 1.71. The molecule has 0 aromatic heterocycles. The molecule has 404 valence electrons. The van der Waals surface area contributed by atoms with Gasteiger partial charge in [0.25, 0.3) is 0 Å². The van der Waals surface area contributed by atoms with Crippen molar-refractivity contribution < 1.29 is 28.6 Å². The number of hydrogen-bond donors (Lipinski definition) is 0. The maximum absolute atomic E-state index is 12.9. The van der Waals surface area contributed by atoms with Crippen LogP contribution in [0.4, 0.5) is 0 Å². The van der Waals surface area contributed by atoms with Crippen molar-refractivity contribution in [3.63, 3.8) is 0 Å². The SMILES string of the molecule is CCC(C)CCCCCCCCCCCCCCCCCCCCC(=O)O[C@@H](COC(=O)CCCCCCCCCCCCCCCCC(C)C)COC(=O)CCCCCCCCCCC(C)C. The van der Waals surface area contributed by atoms with Gasteiger partial charge in [0.1, 0.15) is 13.2 Å². The Morgan fingerprint density at radius 3 is 0.765 bits per heavy atom. The van der Waals surface area contributed by atoms with Gasteiger partial charge in [-0.1, -0.05) is 305 Å². The third-order valence-electron chi connectivity index (χ3n) is 14.5. The van der Waals surface area contributed by atoms with E-state index in [9.17, 15) is 14.4 Å². The molecule has 0 aromatic rings. The molecule has 0 saturated heterocycles. The highest BCUT2D eigenvalue weighted by molar-refractivity contribution is 5.71. The van der Waals surface area contributed by atoms with Crippen LogP contribution in [0.2, 0.25) is 0 Å². The van der Waals surface area contributed by atoms with E-state index >= 15 is 0 Å². The molecule has 0 aliphatic heterocycles. The molecule has 1 unspecified atom stereocenters. The number of carbonyl (C=O) groups is 3. The Balaban J connectivity index is 4.23. The Morgan fingerprint density at radius 2 is 0.515 bits per heavy atom. The Labute approximate surface area is 425 Å². The van der Waals surface area contributed by atoms with Crippen molar-refractivity contribution in [2.24, 2.45) is 17.8 Å². The molecule has 2 atom stereocenters. The lowest BCUT2D eigenvalue weighted by atomic mass is 9.99. The molecule has 0 bridgehead atoms.